The second-order valence-corrected chi connectivity index (χ2v) is 12.2. The lowest BCUT2D eigenvalue weighted by molar-refractivity contribution is 0.153. The number of anilines is 1. The Morgan fingerprint density at radius 2 is 2.06 bits per heavy atom. The summed E-state index contributed by atoms with van der Waals surface area (Å²) >= 11 is 13.7. The number of nitrogen functional groups attached to an aromatic ring is 1. The molecule has 3 aliphatic rings. The third-order valence-corrected chi connectivity index (χ3v) is 8.26. The number of rotatable bonds is 5. The third kappa shape index (κ3) is 4.43. The van der Waals surface area contributed by atoms with E-state index in [0.29, 0.717) is 28.0 Å². The van der Waals surface area contributed by atoms with Crippen molar-refractivity contribution in [3.8, 4) is 5.75 Å². The quantitative estimate of drug-likeness (QED) is 0.336. The molecule has 0 radical (unpaired) electrons. The van der Waals surface area contributed by atoms with Crippen LogP contribution in [0.25, 0.3) is 16.5 Å². The molecule has 3 heterocycles. The molecule has 35 heavy (non-hydrogen) atoms. The van der Waals surface area contributed by atoms with Gasteiger partial charge in [0.1, 0.15) is 5.76 Å². The maximum absolute atomic E-state index is 7.09. The Balaban J connectivity index is 1.44. The molecule has 2 unspecified atom stereocenters. The highest BCUT2D eigenvalue weighted by molar-refractivity contribution is 6.33. The highest BCUT2D eigenvalue weighted by Crippen LogP contribution is 2.53. The summed E-state index contributed by atoms with van der Waals surface area (Å²) in [5, 5.41) is 1.46. The zero-order valence-electron chi connectivity index (χ0n) is 20.8. The second-order valence-electron chi connectivity index (χ2n) is 11.0. The minimum Gasteiger partial charge on any atom is -0.460 e. The molecule has 1 fully saturated rings. The molecule has 0 spiro atoms. The summed E-state index contributed by atoms with van der Waals surface area (Å²) in [6.45, 7) is 14.8. The fourth-order valence-electron chi connectivity index (χ4n) is 5.28. The Labute approximate surface area is 217 Å². The predicted octanol–water partition coefficient (Wildman–Crippen LogP) is 7.28. The smallest absolute Gasteiger partial charge is 0.212 e. The Morgan fingerprint density at radius 1 is 1.31 bits per heavy atom. The van der Waals surface area contributed by atoms with Gasteiger partial charge in [-0.25, -0.2) is 4.98 Å². The molecular formula is C28H33Cl2N3O2. The number of hydrogen-bond acceptors (Lipinski definition) is 5. The molecule has 1 aliphatic heterocycles. The number of furan rings is 1. The topological polar surface area (TPSA) is 64.5 Å². The van der Waals surface area contributed by atoms with Crippen molar-refractivity contribution < 1.29 is 9.15 Å². The molecule has 2 aliphatic carbocycles. The first-order valence-electron chi connectivity index (χ1n) is 12.2. The molecule has 7 heteroatoms. The van der Waals surface area contributed by atoms with E-state index in [4.69, 9.17) is 38.1 Å². The van der Waals surface area contributed by atoms with Crippen LogP contribution in [0.3, 0.4) is 0 Å². The molecule has 5 nitrogen and oxygen atoms in total. The van der Waals surface area contributed by atoms with Crippen molar-refractivity contribution in [3.05, 3.63) is 59.2 Å². The SMILES string of the molecule is C=C(Oc1c(N)ncc2c(C3=CCN(C(C)(C)C)CC3)coc12)C1C(Cl)=CC=C(C2CC2)C1(C)Cl. The van der Waals surface area contributed by atoms with Crippen LogP contribution in [-0.2, 0) is 0 Å². The van der Waals surface area contributed by atoms with Crippen LogP contribution in [0.2, 0.25) is 0 Å². The predicted molar refractivity (Wildman–Crippen MR) is 145 cm³/mol. The number of ether oxygens (including phenoxy) is 1. The van der Waals surface area contributed by atoms with Crippen molar-refractivity contribution in [2.45, 2.75) is 57.4 Å². The summed E-state index contributed by atoms with van der Waals surface area (Å²) in [7, 11) is 0. The number of hydrogen-bond donors (Lipinski definition) is 1. The summed E-state index contributed by atoms with van der Waals surface area (Å²) < 4.78 is 12.3. The number of halogens is 2. The lowest BCUT2D eigenvalue weighted by atomic mass is 9.79. The van der Waals surface area contributed by atoms with Crippen LogP contribution in [0.15, 0.2) is 58.0 Å². The van der Waals surface area contributed by atoms with Gasteiger partial charge in [-0.3, -0.25) is 4.90 Å². The van der Waals surface area contributed by atoms with Crippen LogP contribution in [-0.4, -0.2) is 33.4 Å². The van der Waals surface area contributed by atoms with E-state index in [1.165, 1.54) is 11.1 Å². The van der Waals surface area contributed by atoms with Gasteiger partial charge in [0.05, 0.1) is 22.4 Å². The number of aromatic nitrogens is 1. The summed E-state index contributed by atoms with van der Waals surface area (Å²) in [4.78, 5) is 6.16. The normalized spacial score (nSPS) is 25.8. The zero-order chi connectivity index (χ0) is 25.1. The van der Waals surface area contributed by atoms with Gasteiger partial charge in [-0.05, 0) is 70.1 Å². The molecule has 1 saturated carbocycles. The highest BCUT2D eigenvalue weighted by atomic mass is 35.5. The average molecular weight is 514 g/mol. The van der Waals surface area contributed by atoms with Gasteiger partial charge in [0, 0.05) is 35.4 Å². The Morgan fingerprint density at radius 3 is 2.69 bits per heavy atom. The van der Waals surface area contributed by atoms with E-state index in [0.717, 1.165) is 43.3 Å². The number of nitrogens with two attached hydrogens (primary N) is 1. The summed E-state index contributed by atoms with van der Waals surface area (Å²) in [5.74, 6) is 1.10. The van der Waals surface area contributed by atoms with Gasteiger partial charge in [0.25, 0.3) is 0 Å². The number of allylic oxidation sites excluding steroid dienone is 4. The van der Waals surface area contributed by atoms with Crippen molar-refractivity contribution in [1.82, 2.24) is 9.88 Å². The lowest BCUT2D eigenvalue weighted by Gasteiger charge is -2.37. The van der Waals surface area contributed by atoms with E-state index >= 15 is 0 Å². The van der Waals surface area contributed by atoms with Crippen molar-refractivity contribution in [2.75, 3.05) is 18.8 Å². The Kier molecular flexibility index (Phi) is 6.10. The van der Waals surface area contributed by atoms with Gasteiger partial charge < -0.3 is 14.9 Å². The van der Waals surface area contributed by atoms with E-state index in [2.05, 4.69) is 43.3 Å². The fourth-order valence-corrected chi connectivity index (χ4v) is 6.20. The largest absolute Gasteiger partial charge is 0.460 e. The molecule has 2 aromatic rings. The highest BCUT2D eigenvalue weighted by Gasteiger charge is 2.47. The van der Waals surface area contributed by atoms with Crippen LogP contribution in [0.5, 0.6) is 5.75 Å². The van der Waals surface area contributed by atoms with E-state index in [-0.39, 0.29) is 11.4 Å². The summed E-state index contributed by atoms with van der Waals surface area (Å²) in [6.07, 6.45) is 13.0. The van der Waals surface area contributed by atoms with E-state index in [1.807, 2.05) is 19.1 Å². The van der Waals surface area contributed by atoms with Crippen LogP contribution in [0.4, 0.5) is 5.82 Å². The lowest BCUT2D eigenvalue weighted by Crippen LogP contribution is -2.43. The minimum absolute atomic E-state index is 0.137. The molecule has 0 saturated heterocycles. The fraction of sp³-hybridized carbons (Fsp3) is 0.464. The van der Waals surface area contributed by atoms with E-state index in [1.54, 1.807) is 12.5 Å². The molecule has 0 amide bonds. The summed E-state index contributed by atoms with van der Waals surface area (Å²) in [5.41, 5.74) is 10.4. The van der Waals surface area contributed by atoms with Crippen LogP contribution < -0.4 is 10.5 Å². The van der Waals surface area contributed by atoms with Crippen LogP contribution >= 0.6 is 23.2 Å². The molecule has 0 aromatic carbocycles. The first-order chi connectivity index (χ1) is 16.5. The molecular weight excluding hydrogens is 481 g/mol. The molecule has 2 N–H and O–H groups in total. The first kappa shape index (κ1) is 24.5. The molecule has 186 valence electrons. The molecule has 0 bridgehead atoms. The monoisotopic (exact) mass is 513 g/mol. The maximum Gasteiger partial charge on any atom is 0.212 e. The standard InChI is InChI=1S/C28H33Cl2N3O2/c1-16(23-22(29)9-8-21(18-6-7-18)28(23,5)30)35-25-24-19(14-32-26(25)31)20(15-34-24)17-10-12-33(13-11-17)27(2,3)4/h8-10,14-15,18,23H,1,6-7,11-13H2,2-5H3,(H2,31,32). The van der Waals surface area contributed by atoms with E-state index < -0.39 is 10.8 Å². The van der Waals surface area contributed by atoms with Gasteiger partial charge in [-0.15, -0.1) is 11.6 Å². The molecule has 2 aromatic heterocycles. The molecule has 5 rings (SSSR count). The van der Waals surface area contributed by atoms with Crippen LogP contribution in [0.1, 0.15) is 52.5 Å². The number of pyridine rings is 1. The number of nitrogens with zero attached hydrogens (tertiary/aromatic N) is 2. The average Bonchev–Trinajstić information content (AvgIpc) is 3.52. The van der Waals surface area contributed by atoms with Gasteiger partial charge >= 0.3 is 0 Å². The maximum atomic E-state index is 7.09. The second kappa shape index (κ2) is 8.72. The van der Waals surface area contributed by atoms with Crippen molar-refractivity contribution in [1.29, 1.82) is 0 Å². The van der Waals surface area contributed by atoms with E-state index in [9.17, 15) is 0 Å². The Bertz CT molecular complexity index is 1280. The first-order valence-corrected chi connectivity index (χ1v) is 13.0. The van der Waals surface area contributed by atoms with Gasteiger partial charge in [-0.2, -0.15) is 0 Å². The third-order valence-electron chi connectivity index (χ3n) is 7.48. The Hall–Kier alpha value is -2.21. The summed E-state index contributed by atoms with van der Waals surface area (Å²) in [6, 6.07) is 0. The van der Waals surface area contributed by atoms with Crippen molar-refractivity contribution >= 4 is 45.6 Å². The zero-order valence-corrected chi connectivity index (χ0v) is 22.3. The minimum atomic E-state index is -0.722. The van der Waals surface area contributed by atoms with Crippen molar-refractivity contribution in [2.24, 2.45) is 11.8 Å². The number of fused-ring (bicyclic) bond motifs is 1. The van der Waals surface area contributed by atoms with Gasteiger partial charge in [0.2, 0.25) is 5.75 Å². The number of alkyl halides is 1. The van der Waals surface area contributed by atoms with Crippen molar-refractivity contribution in [3.63, 3.8) is 0 Å². The molecule has 2 atom stereocenters. The van der Waals surface area contributed by atoms with Gasteiger partial charge in [-0.1, -0.05) is 30.3 Å². The van der Waals surface area contributed by atoms with Crippen LogP contribution in [0, 0.1) is 11.8 Å². The van der Waals surface area contributed by atoms with Gasteiger partial charge in [0.15, 0.2) is 11.4 Å².